The summed E-state index contributed by atoms with van der Waals surface area (Å²) >= 11 is 6.17. The molecule has 130 valence electrons. The summed E-state index contributed by atoms with van der Waals surface area (Å²) in [6.45, 7) is 1.88. The van der Waals surface area contributed by atoms with Crippen LogP contribution in [0.25, 0.3) is 5.65 Å². The van der Waals surface area contributed by atoms with Crippen LogP contribution in [0.15, 0.2) is 53.7 Å². The van der Waals surface area contributed by atoms with E-state index in [1.165, 1.54) is 22.9 Å². The van der Waals surface area contributed by atoms with Crippen molar-refractivity contribution < 1.29 is 17.9 Å². The van der Waals surface area contributed by atoms with E-state index < -0.39 is 15.8 Å². The van der Waals surface area contributed by atoms with Gasteiger partial charge in [-0.2, -0.15) is 0 Å². The molecule has 0 spiro atoms. The second-order valence-electron chi connectivity index (χ2n) is 5.33. The van der Waals surface area contributed by atoms with E-state index in [0.29, 0.717) is 11.2 Å². The Morgan fingerprint density at radius 3 is 2.68 bits per heavy atom. The third-order valence-electron chi connectivity index (χ3n) is 3.58. The van der Waals surface area contributed by atoms with Crippen LogP contribution in [0.3, 0.4) is 0 Å². The fourth-order valence-corrected chi connectivity index (χ4v) is 4.11. The summed E-state index contributed by atoms with van der Waals surface area (Å²) in [7, 11) is -3.65. The number of benzene rings is 1. The summed E-state index contributed by atoms with van der Waals surface area (Å²) in [5.41, 5.74) is 1.08. The normalized spacial score (nSPS) is 11.6. The molecule has 0 unspecified atom stereocenters. The first-order valence-corrected chi connectivity index (χ1v) is 9.56. The smallest absolute Gasteiger partial charge is 0.356 e. The zero-order chi connectivity index (χ0) is 18.0. The highest BCUT2D eigenvalue weighted by Gasteiger charge is 2.21. The van der Waals surface area contributed by atoms with Crippen LogP contribution in [-0.2, 0) is 20.3 Å². The van der Waals surface area contributed by atoms with Crippen LogP contribution in [0.4, 0.5) is 0 Å². The molecule has 0 saturated heterocycles. The van der Waals surface area contributed by atoms with Crippen LogP contribution in [0.1, 0.15) is 23.0 Å². The zero-order valence-electron chi connectivity index (χ0n) is 13.3. The molecule has 25 heavy (non-hydrogen) atoms. The fourth-order valence-electron chi connectivity index (χ4n) is 2.43. The van der Waals surface area contributed by atoms with Gasteiger partial charge in [-0.25, -0.2) is 18.2 Å². The van der Waals surface area contributed by atoms with E-state index in [2.05, 4.69) is 4.98 Å². The predicted molar refractivity (Wildman–Crippen MR) is 93.5 cm³/mol. The molecule has 0 saturated carbocycles. The van der Waals surface area contributed by atoms with Gasteiger partial charge in [0.2, 0.25) is 0 Å². The van der Waals surface area contributed by atoms with Crippen LogP contribution in [0.5, 0.6) is 0 Å². The number of rotatable bonds is 5. The molecule has 6 nitrogen and oxygen atoms in total. The zero-order valence-corrected chi connectivity index (χ0v) is 14.9. The van der Waals surface area contributed by atoms with Crippen molar-refractivity contribution in [3.8, 4) is 0 Å². The van der Waals surface area contributed by atoms with Crippen LogP contribution in [-0.4, -0.2) is 30.4 Å². The largest absolute Gasteiger partial charge is 0.461 e. The Balaban J connectivity index is 2.07. The topological polar surface area (TPSA) is 77.7 Å². The summed E-state index contributed by atoms with van der Waals surface area (Å²) in [5.74, 6) is -0.761. The molecule has 1 aromatic carbocycles. The number of hydrogen-bond acceptors (Lipinski definition) is 5. The van der Waals surface area contributed by atoms with Crippen molar-refractivity contribution in [2.75, 3.05) is 6.61 Å². The van der Waals surface area contributed by atoms with Gasteiger partial charge in [-0.15, -0.1) is 0 Å². The number of imidazole rings is 1. The van der Waals surface area contributed by atoms with E-state index in [1.54, 1.807) is 31.2 Å². The Hall–Kier alpha value is -2.38. The third-order valence-corrected chi connectivity index (χ3v) is 5.51. The number of ether oxygens (including phenoxy) is 1. The maximum absolute atomic E-state index is 12.7. The standard InChI is InChI=1S/C17H15ClN2O4S/c1-2-24-17(21)15-9-19-16-14(18)8-13(10-20(15)16)25(22,23)11-12-6-4-3-5-7-12/h3-10H,2,11H2,1H3. The Morgan fingerprint density at radius 1 is 1.28 bits per heavy atom. The first kappa shape index (κ1) is 17.4. The van der Waals surface area contributed by atoms with E-state index in [4.69, 9.17) is 16.3 Å². The maximum Gasteiger partial charge on any atom is 0.356 e. The molecule has 0 N–H and O–H groups in total. The Labute approximate surface area is 149 Å². The average molecular weight is 379 g/mol. The molecule has 0 aliphatic rings. The van der Waals surface area contributed by atoms with E-state index >= 15 is 0 Å². The summed E-state index contributed by atoms with van der Waals surface area (Å²) in [6.07, 6.45) is 2.66. The van der Waals surface area contributed by atoms with Crippen LogP contribution in [0.2, 0.25) is 5.02 Å². The molecule has 0 atom stereocenters. The Bertz CT molecular complexity index is 1030. The van der Waals surface area contributed by atoms with Gasteiger partial charge in [0.25, 0.3) is 0 Å². The highest BCUT2D eigenvalue weighted by molar-refractivity contribution is 7.90. The maximum atomic E-state index is 12.7. The average Bonchev–Trinajstić information content (AvgIpc) is 3.00. The van der Waals surface area contributed by atoms with Gasteiger partial charge in [-0.3, -0.25) is 4.40 Å². The van der Waals surface area contributed by atoms with Crippen molar-refractivity contribution in [3.63, 3.8) is 0 Å². The van der Waals surface area contributed by atoms with Gasteiger partial charge >= 0.3 is 5.97 Å². The summed E-state index contributed by atoms with van der Waals surface area (Å²) in [5, 5.41) is 0.143. The number of hydrogen-bond donors (Lipinski definition) is 0. The SMILES string of the molecule is CCOC(=O)c1cnc2c(Cl)cc(S(=O)(=O)Cc3ccccc3)cn12. The lowest BCUT2D eigenvalue weighted by atomic mass is 10.2. The number of pyridine rings is 1. The molecule has 2 aromatic heterocycles. The minimum atomic E-state index is -3.65. The number of halogens is 1. The van der Waals surface area contributed by atoms with Crippen LogP contribution >= 0.6 is 11.6 Å². The Morgan fingerprint density at radius 2 is 2.00 bits per heavy atom. The van der Waals surface area contributed by atoms with Crippen LogP contribution in [0, 0.1) is 0 Å². The molecular formula is C17H15ClN2O4S. The molecule has 3 aromatic rings. The molecule has 2 heterocycles. The van der Waals surface area contributed by atoms with Gasteiger partial charge in [0.15, 0.2) is 21.2 Å². The van der Waals surface area contributed by atoms with Crippen molar-refractivity contribution in [1.29, 1.82) is 0 Å². The summed E-state index contributed by atoms with van der Waals surface area (Å²) in [4.78, 5) is 16.1. The van der Waals surface area contributed by atoms with E-state index in [1.807, 2.05) is 6.07 Å². The van der Waals surface area contributed by atoms with E-state index in [-0.39, 0.29) is 28.0 Å². The Kier molecular flexibility index (Phi) is 4.78. The number of esters is 1. The lowest BCUT2D eigenvalue weighted by Gasteiger charge is -2.08. The quantitative estimate of drug-likeness (QED) is 0.637. The highest BCUT2D eigenvalue weighted by atomic mass is 35.5. The number of fused-ring (bicyclic) bond motifs is 1. The minimum absolute atomic E-state index is 0.0115. The first-order valence-electron chi connectivity index (χ1n) is 7.53. The number of carbonyl (C=O) groups excluding carboxylic acids is 1. The van der Waals surface area contributed by atoms with Gasteiger partial charge < -0.3 is 4.74 Å². The lowest BCUT2D eigenvalue weighted by molar-refractivity contribution is 0.0518. The van der Waals surface area contributed by atoms with Crippen molar-refractivity contribution in [2.45, 2.75) is 17.6 Å². The lowest BCUT2D eigenvalue weighted by Crippen LogP contribution is -2.10. The van der Waals surface area contributed by atoms with Crippen molar-refractivity contribution in [2.24, 2.45) is 0 Å². The van der Waals surface area contributed by atoms with Gasteiger partial charge in [0.05, 0.1) is 28.5 Å². The van der Waals surface area contributed by atoms with Gasteiger partial charge in [-0.1, -0.05) is 41.9 Å². The molecule has 0 amide bonds. The monoisotopic (exact) mass is 378 g/mol. The second-order valence-corrected chi connectivity index (χ2v) is 7.72. The number of carbonyl (C=O) groups is 1. The molecular weight excluding hydrogens is 364 g/mol. The number of sulfone groups is 1. The summed E-state index contributed by atoms with van der Waals surface area (Å²) < 4.78 is 31.7. The van der Waals surface area contributed by atoms with Gasteiger partial charge in [0, 0.05) is 6.20 Å². The summed E-state index contributed by atoms with van der Waals surface area (Å²) in [6, 6.07) is 10.2. The predicted octanol–water partition coefficient (Wildman–Crippen LogP) is 3.14. The van der Waals surface area contributed by atoms with Crippen molar-refractivity contribution in [1.82, 2.24) is 9.38 Å². The van der Waals surface area contributed by atoms with Crippen molar-refractivity contribution >= 4 is 33.1 Å². The van der Waals surface area contributed by atoms with Gasteiger partial charge in [-0.05, 0) is 18.6 Å². The minimum Gasteiger partial charge on any atom is -0.461 e. The molecule has 0 aliphatic heterocycles. The molecule has 8 heteroatoms. The molecule has 0 bridgehead atoms. The molecule has 0 aliphatic carbocycles. The molecule has 0 fully saturated rings. The number of aromatic nitrogens is 2. The fraction of sp³-hybridized carbons (Fsp3) is 0.176. The molecule has 0 radical (unpaired) electrons. The molecule has 3 rings (SSSR count). The van der Waals surface area contributed by atoms with Crippen LogP contribution < -0.4 is 0 Å². The van der Waals surface area contributed by atoms with E-state index in [9.17, 15) is 13.2 Å². The number of nitrogens with zero attached hydrogens (tertiary/aromatic N) is 2. The van der Waals surface area contributed by atoms with Gasteiger partial charge in [0.1, 0.15) is 0 Å². The first-order chi connectivity index (χ1) is 11.9. The van der Waals surface area contributed by atoms with Crippen molar-refractivity contribution in [3.05, 3.63) is 65.1 Å². The second kappa shape index (κ2) is 6.85. The highest BCUT2D eigenvalue weighted by Crippen LogP contribution is 2.25. The third kappa shape index (κ3) is 3.52. The van der Waals surface area contributed by atoms with E-state index in [0.717, 1.165) is 0 Å².